The fourth-order valence-corrected chi connectivity index (χ4v) is 2.63. The summed E-state index contributed by atoms with van der Waals surface area (Å²) >= 11 is 0. The van der Waals surface area contributed by atoms with E-state index < -0.39 is 0 Å². The molecule has 1 heterocycles. The Morgan fingerprint density at radius 2 is 1.65 bits per heavy atom. The van der Waals surface area contributed by atoms with E-state index in [0.29, 0.717) is 6.04 Å². The Balaban J connectivity index is 2.16. The van der Waals surface area contributed by atoms with Gasteiger partial charge in [0.2, 0.25) is 0 Å². The topological polar surface area (TPSA) is 25.2 Å². The fraction of sp³-hybridized carbons (Fsp3) is 0.444. The lowest BCUT2D eigenvalue weighted by Crippen LogP contribution is -2.23. The van der Waals surface area contributed by atoms with Gasteiger partial charge in [0.25, 0.3) is 0 Å². The van der Waals surface area contributed by atoms with Crippen molar-refractivity contribution in [2.24, 2.45) is 0 Å². The lowest BCUT2D eigenvalue weighted by Gasteiger charge is -2.18. The lowest BCUT2D eigenvalue weighted by molar-refractivity contribution is 0.487. The van der Waals surface area contributed by atoms with Crippen molar-refractivity contribution in [1.82, 2.24) is 5.32 Å². The van der Waals surface area contributed by atoms with Gasteiger partial charge >= 0.3 is 0 Å². The van der Waals surface area contributed by atoms with Crippen molar-refractivity contribution in [3.05, 3.63) is 59.0 Å². The van der Waals surface area contributed by atoms with Crippen LogP contribution in [-0.4, -0.2) is 6.54 Å². The van der Waals surface area contributed by atoms with Crippen molar-refractivity contribution in [1.29, 1.82) is 0 Å². The molecule has 0 spiro atoms. The van der Waals surface area contributed by atoms with Crippen molar-refractivity contribution in [2.75, 3.05) is 6.54 Å². The molecule has 1 N–H and O–H groups in total. The van der Waals surface area contributed by atoms with E-state index in [4.69, 9.17) is 4.42 Å². The van der Waals surface area contributed by atoms with Crippen LogP contribution in [0.25, 0.3) is 0 Å². The molecule has 2 aromatic rings. The van der Waals surface area contributed by atoms with Gasteiger partial charge in [-0.2, -0.15) is 0 Å². The molecule has 0 bridgehead atoms. The van der Waals surface area contributed by atoms with Crippen LogP contribution in [0.15, 0.2) is 41.0 Å². The normalized spacial score (nSPS) is 12.6. The zero-order chi connectivity index (χ0) is 14.4. The first-order valence-electron chi connectivity index (χ1n) is 7.65. The zero-order valence-corrected chi connectivity index (χ0v) is 12.8. The van der Waals surface area contributed by atoms with E-state index in [1.165, 1.54) is 16.7 Å². The Morgan fingerprint density at radius 1 is 0.950 bits per heavy atom. The van der Waals surface area contributed by atoms with Crippen LogP contribution in [0.1, 0.15) is 49.3 Å². The highest BCUT2D eigenvalue weighted by atomic mass is 16.3. The van der Waals surface area contributed by atoms with Gasteiger partial charge in [0.05, 0.1) is 6.26 Å². The summed E-state index contributed by atoms with van der Waals surface area (Å²) < 4.78 is 5.58. The summed E-state index contributed by atoms with van der Waals surface area (Å²) in [7, 11) is 0. The zero-order valence-electron chi connectivity index (χ0n) is 12.8. The third kappa shape index (κ3) is 3.51. The van der Waals surface area contributed by atoms with Crippen LogP contribution >= 0.6 is 0 Å². The summed E-state index contributed by atoms with van der Waals surface area (Å²) in [6.07, 6.45) is 4.85. The van der Waals surface area contributed by atoms with Crippen LogP contribution in [0.4, 0.5) is 0 Å². The molecule has 0 saturated heterocycles. The molecule has 0 aliphatic carbocycles. The maximum Gasteiger partial charge on any atom is 0.108 e. The standard InChI is InChI=1S/C18H25NO/c1-4-14-7-9-15(10-8-14)13-17(19-6-3)16-11-12-20-18(16)5-2/h7-12,17,19H,4-6,13H2,1-3H3. The van der Waals surface area contributed by atoms with Crippen LogP contribution in [0, 0.1) is 0 Å². The molecule has 2 nitrogen and oxygen atoms in total. The molecule has 108 valence electrons. The smallest absolute Gasteiger partial charge is 0.108 e. The van der Waals surface area contributed by atoms with Crippen molar-refractivity contribution in [2.45, 2.75) is 46.1 Å². The SMILES string of the molecule is CCNC(Cc1ccc(CC)cc1)c1ccoc1CC. The molecule has 20 heavy (non-hydrogen) atoms. The maximum atomic E-state index is 5.58. The summed E-state index contributed by atoms with van der Waals surface area (Å²) in [5.41, 5.74) is 4.07. The first-order chi connectivity index (χ1) is 9.78. The number of likely N-dealkylation sites (N-methyl/N-ethyl adjacent to an activating group) is 1. The second-order valence-corrected chi connectivity index (χ2v) is 5.14. The minimum Gasteiger partial charge on any atom is -0.469 e. The van der Waals surface area contributed by atoms with Crippen molar-refractivity contribution in [3.8, 4) is 0 Å². The summed E-state index contributed by atoms with van der Waals surface area (Å²) in [5.74, 6) is 1.10. The Morgan fingerprint density at radius 3 is 2.25 bits per heavy atom. The summed E-state index contributed by atoms with van der Waals surface area (Å²) in [4.78, 5) is 0. The van der Waals surface area contributed by atoms with Crippen LogP contribution < -0.4 is 5.32 Å². The number of hydrogen-bond donors (Lipinski definition) is 1. The molecule has 0 aliphatic rings. The van der Waals surface area contributed by atoms with E-state index in [1.807, 2.05) is 0 Å². The molecule has 0 saturated carbocycles. The number of aryl methyl sites for hydroxylation is 2. The van der Waals surface area contributed by atoms with Gasteiger partial charge in [-0.3, -0.25) is 0 Å². The van der Waals surface area contributed by atoms with Gasteiger partial charge in [-0.05, 0) is 36.6 Å². The molecule has 1 aromatic carbocycles. The summed E-state index contributed by atoms with van der Waals surface area (Å²) in [6, 6.07) is 11.4. The number of benzene rings is 1. The molecular weight excluding hydrogens is 246 g/mol. The summed E-state index contributed by atoms with van der Waals surface area (Å²) in [6.45, 7) is 7.45. The quantitative estimate of drug-likeness (QED) is 0.812. The second-order valence-electron chi connectivity index (χ2n) is 5.14. The molecule has 1 unspecified atom stereocenters. The average molecular weight is 271 g/mol. The van der Waals surface area contributed by atoms with Crippen molar-refractivity contribution >= 4 is 0 Å². The van der Waals surface area contributed by atoms with E-state index in [1.54, 1.807) is 6.26 Å². The van der Waals surface area contributed by atoms with Gasteiger partial charge in [0.1, 0.15) is 5.76 Å². The van der Waals surface area contributed by atoms with Crippen molar-refractivity contribution < 1.29 is 4.42 Å². The maximum absolute atomic E-state index is 5.58. The average Bonchev–Trinajstić information content (AvgIpc) is 2.96. The van der Waals surface area contributed by atoms with Gasteiger partial charge in [-0.25, -0.2) is 0 Å². The minimum atomic E-state index is 0.334. The monoisotopic (exact) mass is 271 g/mol. The predicted molar refractivity (Wildman–Crippen MR) is 84.0 cm³/mol. The first-order valence-corrected chi connectivity index (χ1v) is 7.65. The highest BCUT2D eigenvalue weighted by Crippen LogP contribution is 2.24. The molecular formula is C18H25NO. The van der Waals surface area contributed by atoms with Crippen LogP contribution in [0.2, 0.25) is 0 Å². The van der Waals surface area contributed by atoms with Crippen LogP contribution in [-0.2, 0) is 19.3 Å². The van der Waals surface area contributed by atoms with Gasteiger partial charge in [0, 0.05) is 18.0 Å². The van der Waals surface area contributed by atoms with Crippen LogP contribution in [0.3, 0.4) is 0 Å². The van der Waals surface area contributed by atoms with Crippen LogP contribution in [0.5, 0.6) is 0 Å². The van der Waals surface area contributed by atoms with E-state index in [-0.39, 0.29) is 0 Å². The summed E-state index contributed by atoms with van der Waals surface area (Å²) in [5, 5.41) is 3.58. The highest BCUT2D eigenvalue weighted by molar-refractivity contribution is 5.27. The molecule has 0 radical (unpaired) electrons. The van der Waals surface area contributed by atoms with Gasteiger partial charge in [-0.1, -0.05) is 45.0 Å². The fourth-order valence-electron chi connectivity index (χ4n) is 2.63. The number of hydrogen-bond acceptors (Lipinski definition) is 2. The lowest BCUT2D eigenvalue weighted by atomic mass is 9.97. The number of furan rings is 1. The Hall–Kier alpha value is -1.54. The molecule has 1 aromatic heterocycles. The molecule has 1 atom stereocenters. The van der Waals surface area contributed by atoms with Gasteiger partial charge < -0.3 is 9.73 Å². The number of nitrogens with one attached hydrogen (secondary N) is 1. The van der Waals surface area contributed by atoms with E-state index in [9.17, 15) is 0 Å². The molecule has 0 fully saturated rings. The number of rotatable bonds is 7. The van der Waals surface area contributed by atoms with Crippen molar-refractivity contribution in [3.63, 3.8) is 0 Å². The molecule has 2 heteroatoms. The predicted octanol–water partition coefficient (Wildman–Crippen LogP) is 4.30. The first kappa shape index (κ1) is 14.9. The Kier molecular flexibility index (Phi) is 5.42. The Labute approximate surface area is 122 Å². The molecule has 0 aliphatic heterocycles. The second kappa shape index (κ2) is 7.30. The van der Waals surface area contributed by atoms with E-state index in [0.717, 1.165) is 31.6 Å². The third-order valence-corrected chi connectivity index (χ3v) is 3.80. The third-order valence-electron chi connectivity index (χ3n) is 3.80. The van der Waals surface area contributed by atoms with E-state index >= 15 is 0 Å². The Bertz CT molecular complexity index is 512. The minimum absolute atomic E-state index is 0.334. The van der Waals surface area contributed by atoms with Gasteiger partial charge in [0.15, 0.2) is 0 Å². The molecule has 2 rings (SSSR count). The highest BCUT2D eigenvalue weighted by Gasteiger charge is 2.16. The molecule has 0 amide bonds. The largest absolute Gasteiger partial charge is 0.469 e. The van der Waals surface area contributed by atoms with E-state index in [2.05, 4.69) is 56.4 Å². The van der Waals surface area contributed by atoms with Gasteiger partial charge in [-0.15, -0.1) is 0 Å².